The van der Waals surface area contributed by atoms with Gasteiger partial charge >= 0.3 is 0 Å². The molecule has 20 heavy (non-hydrogen) atoms. The maximum atomic E-state index is 2.33. The summed E-state index contributed by atoms with van der Waals surface area (Å²) in [5.74, 6) is 0. The summed E-state index contributed by atoms with van der Waals surface area (Å²) >= 11 is 0. The van der Waals surface area contributed by atoms with Gasteiger partial charge in [0.25, 0.3) is 0 Å². The maximum Gasteiger partial charge on any atom is -0.000728 e. The van der Waals surface area contributed by atoms with E-state index in [0.717, 1.165) is 12.8 Å². The van der Waals surface area contributed by atoms with E-state index in [-0.39, 0.29) is 0 Å². The van der Waals surface area contributed by atoms with E-state index in [1.807, 2.05) is 0 Å². The fraction of sp³-hybridized carbons (Fsp3) is 0.100. The van der Waals surface area contributed by atoms with Crippen LogP contribution in [0.3, 0.4) is 0 Å². The maximum absolute atomic E-state index is 2.33. The molecule has 0 unspecified atom stereocenters. The number of rotatable bonds is 0. The molecule has 2 aliphatic carbocycles. The van der Waals surface area contributed by atoms with Crippen LogP contribution in [0.1, 0.15) is 22.3 Å². The van der Waals surface area contributed by atoms with Gasteiger partial charge in [-0.2, -0.15) is 0 Å². The first-order chi connectivity index (χ1) is 9.92. The van der Waals surface area contributed by atoms with Gasteiger partial charge in [0.2, 0.25) is 0 Å². The smallest absolute Gasteiger partial charge is 0.000728 e. The Morgan fingerprint density at radius 3 is 2.60 bits per heavy atom. The first-order valence-electron chi connectivity index (χ1n) is 7.24. The second-order valence-electron chi connectivity index (χ2n) is 5.77. The monoisotopic (exact) mass is 254 g/mol. The highest BCUT2D eigenvalue weighted by Crippen LogP contribution is 2.42. The fourth-order valence-corrected chi connectivity index (χ4v) is 3.79. The molecule has 0 aromatic heterocycles. The van der Waals surface area contributed by atoms with Crippen molar-refractivity contribution in [3.05, 3.63) is 76.9 Å². The number of allylic oxidation sites excluding steroid dienone is 1. The van der Waals surface area contributed by atoms with E-state index in [9.17, 15) is 0 Å². The van der Waals surface area contributed by atoms with Crippen LogP contribution in [0.25, 0.3) is 28.0 Å². The Hall–Kier alpha value is -2.34. The molecule has 3 aromatic rings. The fourth-order valence-electron chi connectivity index (χ4n) is 3.79. The van der Waals surface area contributed by atoms with Gasteiger partial charge in [0.05, 0.1) is 0 Å². The van der Waals surface area contributed by atoms with Crippen molar-refractivity contribution in [2.75, 3.05) is 0 Å². The first kappa shape index (κ1) is 10.4. The molecule has 0 saturated heterocycles. The summed E-state index contributed by atoms with van der Waals surface area (Å²) < 4.78 is 0. The molecular weight excluding hydrogens is 240 g/mol. The van der Waals surface area contributed by atoms with Crippen LogP contribution in [0.4, 0.5) is 0 Å². The van der Waals surface area contributed by atoms with E-state index in [2.05, 4.69) is 60.7 Å². The van der Waals surface area contributed by atoms with Crippen molar-refractivity contribution in [1.29, 1.82) is 0 Å². The Morgan fingerprint density at radius 1 is 0.700 bits per heavy atom. The molecule has 0 atom stereocenters. The van der Waals surface area contributed by atoms with E-state index in [4.69, 9.17) is 0 Å². The summed E-state index contributed by atoms with van der Waals surface area (Å²) in [4.78, 5) is 0. The van der Waals surface area contributed by atoms with Gasteiger partial charge in [-0.1, -0.05) is 60.7 Å². The lowest BCUT2D eigenvalue weighted by Crippen LogP contribution is -1.89. The molecule has 0 N–H and O–H groups in total. The van der Waals surface area contributed by atoms with Crippen LogP contribution in [0.5, 0.6) is 0 Å². The Kier molecular flexibility index (Phi) is 1.88. The van der Waals surface area contributed by atoms with E-state index >= 15 is 0 Å². The summed E-state index contributed by atoms with van der Waals surface area (Å²) in [5, 5.41) is 2.85. The van der Waals surface area contributed by atoms with E-state index in [1.165, 1.54) is 44.2 Å². The molecule has 0 heterocycles. The molecule has 0 heteroatoms. The SMILES string of the molecule is C1=Cc2c(ccc3c4c(ccc23)-c2ccccc2C4)C1. The second kappa shape index (κ2) is 3.61. The first-order valence-corrected chi connectivity index (χ1v) is 7.24. The van der Waals surface area contributed by atoms with Crippen molar-refractivity contribution in [2.45, 2.75) is 12.8 Å². The van der Waals surface area contributed by atoms with Gasteiger partial charge in [-0.15, -0.1) is 0 Å². The van der Waals surface area contributed by atoms with E-state index in [1.54, 1.807) is 0 Å². The average molecular weight is 254 g/mol. The minimum Gasteiger partial charge on any atom is -0.0795 e. The van der Waals surface area contributed by atoms with Crippen LogP contribution in [0, 0.1) is 0 Å². The molecule has 0 radical (unpaired) electrons. The Balaban J connectivity index is 1.88. The summed E-state index contributed by atoms with van der Waals surface area (Å²) in [6.45, 7) is 0. The molecule has 0 bridgehead atoms. The Bertz CT molecular complexity index is 897. The lowest BCUT2D eigenvalue weighted by Gasteiger charge is -2.09. The summed E-state index contributed by atoms with van der Waals surface area (Å²) in [7, 11) is 0. The van der Waals surface area contributed by atoms with Crippen LogP contribution in [0.15, 0.2) is 54.6 Å². The summed E-state index contributed by atoms with van der Waals surface area (Å²) in [6, 6.07) is 18.1. The lowest BCUT2D eigenvalue weighted by atomic mass is 9.94. The normalized spacial score (nSPS) is 14.4. The van der Waals surface area contributed by atoms with E-state index in [0.29, 0.717) is 0 Å². The average Bonchev–Trinajstić information content (AvgIpc) is 3.11. The predicted molar refractivity (Wildman–Crippen MR) is 84.9 cm³/mol. The van der Waals surface area contributed by atoms with Crippen LogP contribution in [-0.2, 0) is 12.8 Å². The zero-order chi connectivity index (χ0) is 13.1. The van der Waals surface area contributed by atoms with Crippen molar-refractivity contribution < 1.29 is 0 Å². The van der Waals surface area contributed by atoms with Crippen molar-refractivity contribution in [3.8, 4) is 11.1 Å². The molecule has 5 rings (SSSR count). The molecule has 0 nitrogen and oxygen atoms in total. The number of benzene rings is 3. The third-order valence-corrected chi connectivity index (χ3v) is 4.74. The van der Waals surface area contributed by atoms with Crippen molar-refractivity contribution >= 4 is 16.8 Å². The van der Waals surface area contributed by atoms with Gasteiger partial charge in [-0.05, 0) is 57.0 Å². The third kappa shape index (κ3) is 1.21. The van der Waals surface area contributed by atoms with Gasteiger partial charge in [0.1, 0.15) is 0 Å². The highest BCUT2D eigenvalue weighted by Gasteiger charge is 2.21. The molecule has 94 valence electrons. The van der Waals surface area contributed by atoms with Gasteiger partial charge in [-0.3, -0.25) is 0 Å². The summed E-state index contributed by atoms with van der Waals surface area (Å²) in [5.41, 5.74) is 8.71. The van der Waals surface area contributed by atoms with Crippen LogP contribution < -0.4 is 0 Å². The molecule has 0 amide bonds. The van der Waals surface area contributed by atoms with Crippen molar-refractivity contribution in [2.24, 2.45) is 0 Å². The number of hydrogen-bond donors (Lipinski definition) is 0. The molecule has 0 saturated carbocycles. The Labute approximate surface area is 118 Å². The minimum absolute atomic E-state index is 1.07. The van der Waals surface area contributed by atoms with Gasteiger partial charge in [0, 0.05) is 0 Å². The van der Waals surface area contributed by atoms with Gasteiger partial charge in [0.15, 0.2) is 0 Å². The third-order valence-electron chi connectivity index (χ3n) is 4.74. The quantitative estimate of drug-likeness (QED) is 0.415. The van der Waals surface area contributed by atoms with Crippen molar-refractivity contribution in [3.63, 3.8) is 0 Å². The van der Waals surface area contributed by atoms with Gasteiger partial charge < -0.3 is 0 Å². The number of hydrogen-bond acceptors (Lipinski definition) is 0. The topological polar surface area (TPSA) is 0 Å². The molecule has 2 aliphatic rings. The highest BCUT2D eigenvalue weighted by molar-refractivity contribution is 6.00. The van der Waals surface area contributed by atoms with E-state index < -0.39 is 0 Å². The zero-order valence-electron chi connectivity index (χ0n) is 11.2. The Morgan fingerprint density at radius 2 is 1.60 bits per heavy atom. The molecular formula is C20H14. The standard InChI is InChI=1S/C20H14/c1-2-6-16-14(4-1)12-20-18(16)11-10-17-15-7-3-5-13(15)8-9-19(17)20/h1-4,6-11H,5,12H2. The lowest BCUT2D eigenvalue weighted by molar-refractivity contribution is 1.28. The summed E-state index contributed by atoms with van der Waals surface area (Å²) in [6.07, 6.45) is 6.71. The van der Waals surface area contributed by atoms with Crippen LogP contribution in [0.2, 0.25) is 0 Å². The van der Waals surface area contributed by atoms with Crippen LogP contribution in [-0.4, -0.2) is 0 Å². The molecule has 0 aliphatic heterocycles. The highest BCUT2D eigenvalue weighted by atomic mass is 14.2. The zero-order valence-corrected chi connectivity index (χ0v) is 11.2. The molecule has 0 fully saturated rings. The number of fused-ring (bicyclic) bond motifs is 7. The second-order valence-corrected chi connectivity index (χ2v) is 5.77. The molecule has 3 aromatic carbocycles. The van der Waals surface area contributed by atoms with Crippen molar-refractivity contribution in [1.82, 2.24) is 0 Å². The minimum atomic E-state index is 1.07. The largest absolute Gasteiger partial charge is 0.0795 e. The van der Waals surface area contributed by atoms with Crippen LogP contribution >= 0.6 is 0 Å². The molecule has 0 spiro atoms. The predicted octanol–water partition coefficient (Wildman–Crippen LogP) is 4.98. The van der Waals surface area contributed by atoms with Gasteiger partial charge in [-0.25, -0.2) is 0 Å².